The number of ether oxygens (including phenoxy) is 5. The highest BCUT2D eigenvalue weighted by Gasteiger charge is 2.12. The molecule has 108 valence electrons. The fourth-order valence-electron chi connectivity index (χ4n) is 1.53. The van der Waals surface area contributed by atoms with E-state index in [4.69, 9.17) is 23.7 Å². The second kappa shape index (κ2) is 11.8. The van der Waals surface area contributed by atoms with Gasteiger partial charge >= 0.3 is 0 Å². The Bertz CT molecular complexity index is 176. The second-order valence-electron chi connectivity index (χ2n) is 3.99. The van der Waals surface area contributed by atoms with Gasteiger partial charge in [-0.2, -0.15) is 0 Å². The molecule has 1 N–H and O–H groups in total. The van der Waals surface area contributed by atoms with Gasteiger partial charge in [-0.3, -0.25) is 0 Å². The molecule has 1 rings (SSSR count). The number of nitrogens with one attached hydrogen (secondary N) is 1. The molecule has 1 atom stereocenters. The standard InChI is InChI=1S/C12H25NO5/c1-14-4-5-16-7-6-15-3-2-13-10-12-11-17-8-9-18-12/h12-13H,2-11H2,1H3. The summed E-state index contributed by atoms with van der Waals surface area (Å²) in [5, 5.41) is 3.28. The fourth-order valence-corrected chi connectivity index (χ4v) is 1.53. The van der Waals surface area contributed by atoms with Crippen LogP contribution in [0.25, 0.3) is 0 Å². The Balaban J connectivity index is 1.73. The Morgan fingerprint density at radius 3 is 2.56 bits per heavy atom. The van der Waals surface area contributed by atoms with Crippen molar-refractivity contribution in [3.8, 4) is 0 Å². The number of hydrogen-bond acceptors (Lipinski definition) is 6. The van der Waals surface area contributed by atoms with E-state index in [9.17, 15) is 0 Å². The Hall–Kier alpha value is -0.240. The van der Waals surface area contributed by atoms with Crippen LogP contribution in [0, 0.1) is 0 Å². The first-order valence-electron chi connectivity index (χ1n) is 6.48. The Labute approximate surface area is 109 Å². The molecule has 0 saturated carbocycles. The summed E-state index contributed by atoms with van der Waals surface area (Å²) in [6.07, 6.45) is 0.177. The van der Waals surface area contributed by atoms with Crippen LogP contribution in [0.1, 0.15) is 0 Å². The van der Waals surface area contributed by atoms with Crippen LogP contribution in [0.2, 0.25) is 0 Å². The fraction of sp³-hybridized carbons (Fsp3) is 1.00. The minimum absolute atomic E-state index is 0.177. The van der Waals surface area contributed by atoms with E-state index in [0.29, 0.717) is 52.9 Å². The summed E-state index contributed by atoms with van der Waals surface area (Å²) in [4.78, 5) is 0. The van der Waals surface area contributed by atoms with Crippen molar-refractivity contribution in [2.75, 3.05) is 73.1 Å². The summed E-state index contributed by atoms with van der Waals surface area (Å²) in [6.45, 7) is 6.89. The molecule has 0 spiro atoms. The normalized spacial score (nSPS) is 20.2. The zero-order valence-electron chi connectivity index (χ0n) is 11.2. The SMILES string of the molecule is COCCOCCOCCNCC1COCCO1. The molecule has 0 aromatic carbocycles. The van der Waals surface area contributed by atoms with Crippen molar-refractivity contribution >= 4 is 0 Å². The topological polar surface area (TPSA) is 58.2 Å². The van der Waals surface area contributed by atoms with Crippen LogP contribution in [0.3, 0.4) is 0 Å². The molecule has 6 nitrogen and oxygen atoms in total. The second-order valence-corrected chi connectivity index (χ2v) is 3.99. The smallest absolute Gasteiger partial charge is 0.0933 e. The van der Waals surface area contributed by atoms with Gasteiger partial charge in [0.05, 0.1) is 59.0 Å². The van der Waals surface area contributed by atoms with Crippen molar-refractivity contribution < 1.29 is 23.7 Å². The molecular formula is C12H25NO5. The van der Waals surface area contributed by atoms with E-state index in [0.717, 1.165) is 13.1 Å². The molecule has 1 aliphatic heterocycles. The summed E-state index contributed by atoms with van der Waals surface area (Å²) < 4.78 is 26.3. The van der Waals surface area contributed by atoms with Gasteiger partial charge in [0.15, 0.2) is 0 Å². The van der Waals surface area contributed by atoms with Crippen LogP contribution in [-0.4, -0.2) is 79.2 Å². The maximum absolute atomic E-state index is 5.50. The first-order chi connectivity index (χ1) is 8.93. The van der Waals surface area contributed by atoms with Crippen molar-refractivity contribution in [3.05, 3.63) is 0 Å². The minimum atomic E-state index is 0.177. The monoisotopic (exact) mass is 263 g/mol. The predicted molar refractivity (Wildman–Crippen MR) is 66.9 cm³/mol. The summed E-state index contributed by atoms with van der Waals surface area (Å²) in [5.74, 6) is 0. The van der Waals surface area contributed by atoms with Crippen molar-refractivity contribution in [1.29, 1.82) is 0 Å². The van der Waals surface area contributed by atoms with Crippen LogP contribution in [0.5, 0.6) is 0 Å². The third kappa shape index (κ3) is 8.79. The van der Waals surface area contributed by atoms with Gasteiger partial charge in [0, 0.05) is 20.2 Å². The molecule has 18 heavy (non-hydrogen) atoms. The van der Waals surface area contributed by atoms with Crippen LogP contribution < -0.4 is 5.32 Å². The van der Waals surface area contributed by atoms with Crippen molar-refractivity contribution in [2.45, 2.75) is 6.10 Å². The molecule has 1 fully saturated rings. The molecule has 0 aromatic heterocycles. The zero-order valence-corrected chi connectivity index (χ0v) is 11.2. The van der Waals surface area contributed by atoms with Crippen molar-refractivity contribution in [3.63, 3.8) is 0 Å². The van der Waals surface area contributed by atoms with E-state index in [1.165, 1.54) is 0 Å². The van der Waals surface area contributed by atoms with E-state index in [1.54, 1.807) is 7.11 Å². The summed E-state index contributed by atoms with van der Waals surface area (Å²) >= 11 is 0. The maximum Gasteiger partial charge on any atom is 0.0933 e. The average molecular weight is 263 g/mol. The largest absolute Gasteiger partial charge is 0.382 e. The molecule has 0 amide bonds. The first-order valence-corrected chi connectivity index (χ1v) is 6.48. The Morgan fingerprint density at radius 2 is 1.83 bits per heavy atom. The molecule has 1 heterocycles. The van der Waals surface area contributed by atoms with Gasteiger partial charge in [-0.25, -0.2) is 0 Å². The van der Waals surface area contributed by atoms with E-state index >= 15 is 0 Å². The average Bonchev–Trinajstić information content (AvgIpc) is 2.42. The number of rotatable bonds is 11. The lowest BCUT2D eigenvalue weighted by Crippen LogP contribution is -2.38. The lowest BCUT2D eigenvalue weighted by atomic mass is 10.3. The molecule has 0 radical (unpaired) electrons. The number of methoxy groups -OCH3 is 1. The predicted octanol–water partition coefficient (Wildman–Crippen LogP) is -0.329. The molecule has 0 aliphatic carbocycles. The van der Waals surface area contributed by atoms with Crippen LogP contribution in [0.4, 0.5) is 0 Å². The zero-order chi connectivity index (χ0) is 12.9. The van der Waals surface area contributed by atoms with E-state index in [-0.39, 0.29) is 6.10 Å². The first kappa shape index (κ1) is 15.8. The molecule has 6 heteroatoms. The third-order valence-corrected chi connectivity index (χ3v) is 2.48. The molecular weight excluding hydrogens is 238 g/mol. The van der Waals surface area contributed by atoms with Gasteiger partial charge in [-0.15, -0.1) is 0 Å². The van der Waals surface area contributed by atoms with Gasteiger partial charge in [0.2, 0.25) is 0 Å². The highest BCUT2D eigenvalue weighted by Crippen LogP contribution is 1.98. The van der Waals surface area contributed by atoms with Gasteiger partial charge in [-0.05, 0) is 0 Å². The van der Waals surface area contributed by atoms with Gasteiger partial charge in [-0.1, -0.05) is 0 Å². The van der Waals surface area contributed by atoms with Crippen LogP contribution in [-0.2, 0) is 23.7 Å². The van der Waals surface area contributed by atoms with E-state index in [2.05, 4.69) is 5.32 Å². The molecule has 0 bridgehead atoms. The van der Waals surface area contributed by atoms with Crippen molar-refractivity contribution in [2.24, 2.45) is 0 Å². The quantitative estimate of drug-likeness (QED) is 0.515. The highest BCUT2D eigenvalue weighted by molar-refractivity contribution is 4.63. The van der Waals surface area contributed by atoms with Crippen LogP contribution in [0.15, 0.2) is 0 Å². The minimum Gasteiger partial charge on any atom is -0.382 e. The van der Waals surface area contributed by atoms with Gasteiger partial charge in [0.1, 0.15) is 0 Å². The van der Waals surface area contributed by atoms with E-state index in [1.807, 2.05) is 0 Å². The lowest BCUT2D eigenvalue weighted by molar-refractivity contribution is -0.0866. The summed E-state index contributed by atoms with van der Waals surface area (Å²) in [5.41, 5.74) is 0. The summed E-state index contributed by atoms with van der Waals surface area (Å²) in [7, 11) is 1.66. The highest BCUT2D eigenvalue weighted by atomic mass is 16.6. The number of hydrogen-bond donors (Lipinski definition) is 1. The van der Waals surface area contributed by atoms with E-state index < -0.39 is 0 Å². The molecule has 1 saturated heterocycles. The third-order valence-electron chi connectivity index (χ3n) is 2.48. The maximum atomic E-state index is 5.50. The molecule has 0 aromatic rings. The lowest BCUT2D eigenvalue weighted by Gasteiger charge is -2.23. The Kier molecular flexibility index (Phi) is 10.4. The summed E-state index contributed by atoms with van der Waals surface area (Å²) in [6, 6.07) is 0. The molecule has 1 aliphatic rings. The van der Waals surface area contributed by atoms with Crippen molar-refractivity contribution in [1.82, 2.24) is 5.32 Å². The van der Waals surface area contributed by atoms with Gasteiger partial charge < -0.3 is 29.0 Å². The molecule has 1 unspecified atom stereocenters. The Morgan fingerprint density at radius 1 is 1.06 bits per heavy atom. The van der Waals surface area contributed by atoms with Crippen LogP contribution >= 0.6 is 0 Å². The van der Waals surface area contributed by atoms with Gasteiger partial charge in [0.25, 0.3) is 0 Å².